The van der Waals surface area contributed by atoms with E-state index in [2.05, 4.69) is 37.9 Å². The van der Waals surface area contributed by atoms with Crippen LogP contribution in [-0.4, -0.2) is 35.2 Å². The van der Waals surface area contributed by atoms with Gasteiger partial charge in [0.05, 0.1) is 15.4 Å². The zero-order valence-corrected chi connectivity index (χ0v) is 15.6. The third-order valence-corrected chi connectivity index (χ3v) is 6.49. The third-order valence-electron chi connectivity index (χ3n) is 4.57. The van der Waals surface area contributed by atoms with E-state index in [-0.39, 0.29) is 11.9 Å². The second-order valence-electron chi connectivity index (χ2n) is 6.28. The average Bonchev–Trinajstić information content (AvgIpc) is 3.36. The van der Waals surface area contributed by atoms with Gasteiger partial charge in [0.25, 0.3) is 5.91 Å². The predicted molar refractivity (Wildman–Crippen MR) is 104 cm³/mol. The Labute approximate surface area is 154 Å². The molecular formula is C18H20N4OS2. The lowest BCUT2D eigenvalue weighted by Gasteiger charge is -2.32. The van der Waals surface area contributed by atoms with Crippen molar-refractivity contribution in [2.24, 2.45) is 0 Å². The van der Waals surface area contributed by atoms with Gasteiger partial charge >= 0.3 is 0 Å². The lowest BCUT2D eigenvalue weighted by atomic mass is 10.0. The van der Waals surface area contributed by atoms with Crippen LogP contribution in [0.4, 0.5) is 5.82 Å². The molecule has 0 unspecified atom stereocenters. The molecule has 2 N–H and O–H groups in total. The van der Waals surface area contributed by atoms with Crippen LogP contribution in [0, 0.1) is 6.92 Å². The first-order valence-corrected chi connectivity index (χ1v) is 10.2. The van der Waals surface area contributed by atoms with Gasteiger partial charge in [0.1, 0.15) is 0 Å². The second kappa shape index (κ2) is 7.01. The van der Waals surface area contributed by atoms with E-state index in [1.807, 2.05) is 24.4 Å². The van der Waals surface area contributed by atoms with Crippen molar-refractivity contribution in [1.29, 1.82) is 0 Å². The van der Waals surface area contributed by atoms with Crippen molar-refractivity contribution in [2.45, 2.75) is 25.8 Å². The molecule has 1 aliphatic heterocycles. The van der Waals surface area contributed by atoms with Gasteiger partial charge in [-0.25, -0.2) is 0 Å². The first kappa shape index (κ1) is 16.4. The number of amides is 1. The Morgan fingerprint density at radius 2 is 2.12 bits per heavy atom. The molecular weight excluding hydrogens is 352 g/mol. The van der Waals surface area contributed by atoms with E-state index in [1.54, 1.807) is 11.3 Å². The van der Waals surface area contributed by atoms with E-state index >= 15 is 0 Å². The van der Waals surface area contributed by atoms with Gasteiger partial charge in [0.2, 0.25) is 0 Å². The number of carbonyl (C=O) groups is 1. The number of anilines is 1. The van der Waals surface area contributed by atoms with E-state index in [9.17, 15) is 4.79 Å². The molecule has 1 fully saturated rings. The molecule has 130 valence electrons. The monoisotopic (exact) mass is 372 g/mol. The summed E-state index contributed by atoms with van der Waals surface area (Å²) in [6, 6.07) is 8.48. The molecule has 4 rings (SSSR count). The summed E-state index contributed by atoms with van der Waals surface area (Å²) >= 11 is 3.22. The quantitative estimate of drug-likeness (QED) is 0.730. The van der Waals surface area contributed by atoms with E-state index < -0.39 is 0 Å². The molecule has 0 aliphatic carbocycles. The first-order chi connectivity index (χ1) is 12.2. The summed E-state index contributed by atoms with van der Waals surface area (Å²) in [7, 11) is 0. The molecule has 0 bridgehead atoms. The molecule has 0 radical (unpaired) electrons. The van der Waals surface area contributed by atoms with Crippen molar-refractivity contribution in [1.82, 2.24) is 15.5 Å². The number of aromatic nitrogens is 2. The maximum absolute atomic E-state index is 12.4. The normalized spacial score (nSPS) is 15.5. The minimum absolute atomic E-state index is 0.0608. The Balaban J connectivity index is 1.34. The van der Waals surface area contributed by atoms with Gasteiger partial charge in [-0.15, -0.1) is 22.7 Å². The summed E-state index contributed by atoms with van der Waals surface area (Å²) in [4.78, 5) is 16.7. The fourth-order valence-corrected chi connectivity index (χ4v) is 4.66. The second-order valence-corrected chi connectivity index (χ2v) is 8.15. The lowest BCUT2D eigenvalue weighted by Crippen LogP contribution is -2.44. The Bertz CT molecular complexity index is 844. The highest BCUT2D eigenvalue weighted by Crippen LogP contribution is 2.27. The highest BCUT2D eigenvalue weighted by Gasteiger charge is 2.23. The number of aryl methyl sites for hydroxylation is 1. The molecule has 1 amide bonds. The van der Waals surface area contributed by atoms with Crippen LogP contribution in [0.15, 0.2) is 35.0 Å². The number of hydrogen-bond acceptors (Lipinski definition) is 5. The molecule has 3 aromatic heterocycles. The number of aromatic amines is 1. The number of H-pyrrole nitrogens is 1. The number of carbonyl (C=O) groups excluding carboxylic acids is 1. The smallest absolute Gasteiger partial charge is 0.261 e. The number of thiophene rings is 2. The first-order valence-electron chi connectivity index (χ1n) is 8.40. The Morgan fingerprint density at radius 3 is 2.80 bits per heavy atom. The van der Waals surface area contributed by atoms with Crippen molar-refractivity contribution in [3.63, 3.8) is 0 Å². The van der Waals surface area contributed by atoms with Gasteiger partial charge in [0.15, 0.2) is 5.82 Å². The molecule has 0 spiro atoms. The van der Waals surface area contributed by atoms with Crippen LogP contribution in [0.2, 0.25) is 0 Å². The summed E-state index contributed by atoms with van der Waals surface area (Å²) in [6.45, 7) is 3.79. The zero-order valence-electron chi connectivity index (χ0n) is 14.0. The van der Waals surface area contributed by atoms with Crippen molar-refractivity contribution in [3.8, 4) is 10.6 Å². The van der Waals surface area contributed by atoms with Crippen LogP contribution in [0.25, 0.3) is 10.6 Å². The van der Waals surface area contributed by atoms with E-state index in [0.29, 0.717) is 0 Å². The molecule has 3 aromatic rings. The molecule has 4 heterocycles. The highest BCUT2D eigenvalue weighted by atomic mass is 32.1. The van der Waals surface area contributed by atoms with Crippen LogP contribution in [-0.2, 0) is 0 Å². The van der Waals surface area contributed by atoms with Gasteiger partial charge in [-0.1, -0.05) is 6.07 Å². The highest BCUT2D eigenvalue weighted by molar-refractivity contribution is 7.13. The van der Waals surface area contributed by atoms with E-state index in [1.165, 1.54) is 16.2 Å². The molecule has 25 heavy (non-hydrogen) atoms. The van der Waals surface area contributed by atoms with Crippen molar-refractivity contribution >= 4 is 34.4 Å². The standard InChI is InChI=1S/C18H20N4OS2/c1-12-6-10-25-17(12)18(23)19-13-4-7-22(8-5-13)16-11-14(20-21-16)15-3-2-9-24-15/h2-3,6,9-11,13H,4-5,7-8H2,1H3,(H,19,23)(H,20,21). The number of nitrogens with zero attached hydrogens (tertiary/aromatic N) is 2. The Kier molecular flexibility index (Phi) is 4.59. The average molecular weight is 373 g/mol. The summed E-state index contributed by atoms with van der Waals surface area (Å²) in [5.74, 6) is 1.05. The van der Waals surface area contributed by atoms with Crippen molar-refractivity contribution in [2.75, 3.05) is 18.0 Å². The molecule has 1 aliphatic rings. The lowest BCUT2D eigenvalue weighted by molar-refractivity contribution is 0.0934. The third kappa shape index (κ3) is 3.48. The van der Waals surface area contributed by atoms with Gasteiger partial charge < -0.3 is 10.2 Å². The SMILES string of the molecule is Cc1ccsc1C(=O)NC1CCN(c2cc(-c3cccs3)[nH]n2)CC1. The van der Waals surface area contributed by atoms with Crippen LogP contribution >= 0.6 is 22.7 Å². The maximum Gasteiger partial charge on any atom is 0.261 e. The van der Waals surface area contributed by atoms with Crippen LogP contribution in [0.5, 0.6) is 0 Å². The fourth-order valence-electron chi connectivity index (χ4n) is 3.14. The largest absolute Gasteiger partial charge is 0.355 e. The molecule has 0 aromatic carbocycles. The Morgan fingerprint density at radius 1 is 1.28 bits per heavy atom. The van der Waals surface area contributed by atoms with Crippen molar-refractivity contribution in [3.05, 3.63) is 45.5 Å². The van der Waals surface area contributed by atoms with Crippen molar-refractivity contribution < 1.29 is 4.79 Å². The minimum atomic E-state index is 0.0608. The number of rotatable bonds is 4. The summed E-state index contributed by atoms with van der Waals surface area (Å²) < 4.78 is 0. The molecule has 1 saturated heterocycles. The summed E-state index contributed by atoms with van der Waals surface area (Å²) in [5.41, 5.74) is 2.12. The van der Waals surface area contributed by atoms with E-state index in [4.69, 9.17) is 0 Å². The number of hydrogen-bond donors (Lipinski definition) is 2. The van der Waals surface area contributed by atoms with Crippen LogP contribution in [0.1, 0.15) is 28.1 Å². The van der Waals surface area contributed by atoms with Gasteiger partial charge in [-0.2, -0.15) is 5.10 Å². The summed E-state index contributed by atoms with van der Waals surface area (Å²) in [5, 5.41) is 14.8. The van der Waals surface area contributed by atoms with Crippen LogP contribution in [0.3, 0.4) is 0 Å². The zero-order chi connectivity index (χ0) is 17.2. The molecule has 7 heteroatoms. The summed E-state index contributed by atoms with van der Waals surface area (Å²) in [6.07, 6.45) is 1.88. The minimum Gasteiger partial charge on any atom is -0.355 e. The number of piperidine rings is 1. The molecule has 5 nitrogen and oxygen atoms in total. The maximum atomic E-state index is 12.4. The number of nitrogens with one attached hydrogen (secondary N) is 2. The van der Waals surface area contributed by atoms with Gasteiger partial charge in [0, 0.05) is 25.2 Å². The fraction of sp³-hybridized carbons (Fsp3) is 0.333. The Hall–Kier alpha value is -2.12. The topological polar surface area (TPSA) is 61.0 Å². The predicted octanol–water partition coefficient (Wildman–Crippen LogP) is 3.91. The van der Waals surface area contributed by atoms with Crippen LogP contribution < -0.4 is 10.2 Å². The van der Waals surface area contributed by atoms with Gasteiger partial charge in [-0.05, 0) is 48.2 Å². The molecule has 0 atom stereocenters. The van der Waals surface area contributed by atoms with Gasteiger partial charge in [-0.3, -0.25) is 9.89 Å². The molecule has 0 saturated carbocycles. The van der Waals surface area contributed by atoms with E-state index in [0.717, 1.165) is 47.9 Å².